The Hall–Kier alpha value is -1.92. The summed E-state index contributed by atoms with van der Waals surface area (Å²) in [6.07, 6.45) is 4.53. The fourth-order valence-electron chi connectivity index (χ4n) is 2.68. The smallest absolute Gasteiger partial charge is 0.305 e. The number of esters is 3. The van der Waals surface area contributed by atoms with Crippen molar-refractivity contribution in [2.45, 2.75) is 91.9 Å². The molecule has 0 N–H and O–H groups in total. The minimum atomic E-state index is -0.931. The zero-order valence-electron chi connectivity index (χ0n) is 18.6. The number of ketones is 1. The first-order chi connectivity index (χ1) is 13.8. The number of carbonyl (C=O) groups excluding carboxylic acids is 4. The first-order valence-electron chi connectivity index (χ1n) is 10.8. The fraction of sp³-hybridized carbons (Fsp3) is 0.818. The number of ether oxygens (including phenoxy) is 3. The van der Waals surface area contributed by atoms with Gasteiger partial charge in [0.2, 0.25) is 0 Å². The number of Topliss-reactive ketones (excluding diaryl/α,β-unsaturated/α-hetero) is 1. The Kier molecular flexibility index (Phi) is 14.9. The molecule has 0 aliphatic carbocycles. The van der Waals surface area contributed by atoms with Crippen molar-refractivity contribution in [2.75, 3.05) is 19.8 Å². The van der Waals surface area contributed by atoms with Gasteiger partial charge in [0.25, 0.3) is 0 Å². The Balaban J connectivity index is 5.35. The maximum atomic E-state index is 12.1. The first-order valence-corrected chi connectivity index (χ1v) is 10.8. The van der Waals surface area contributed by atoms with E-state index in [2.05, 4.69) is 0 Å². The summed E-state index contributed by atoms with van der Waals surface area (Å²) < 4.78 is 16.2. The SMILES string of the molecule is CCCC(=O)CCC(COC(=O)CCC)(COC(=O)CCC)COC(=O)CCC. The number of hydrogen-bond acceptors (Lipinski definition) is 7. The highest BCUT2D eigenvalue weighted by molar-refractivity contribution is 5.78. The van der Waals surface area contributed by atoms with Crippen LogP contribution in [0.4, 0.5) is 0 Å². The van der Waals surface area contributed by atoms with Crippen LogP contribution in [0.5, 0.6) is 0 Å². The molecule has 0 amide bonds. The highest BCUT2D eigenvalue weighted by atomic mass is 16.6. The predicted molar refractivity (Wildman–Crippen MR) is 109 cm³/mol. The number of rotatable bonds is 17. The molecule has 29 heavy (non-hydrogen) atoms. The maximum Gasteiger partial charge on any atom is 0.305 e. The van der Waals surface area contributed by atoms with Crippen molar-refractivity contribution in [3.8, 4) is 0 Å². The van der Waals surface area contributed by atoms with Gasteiger partial charge in [-0.05, 0) is 32.1 Å². The van der Waals surface area contributed by atoms with Gasteiger partial charge < -0.3 is 14.2 Å². The van der Waals surface area contributed by atoms with Crippen molar-refractivity contribution < 1.29 is 33.4 Å². The van der Waals surface area contributed by atoms with E-state index in [1.807, 2.05) is 27.7 Å². The van der Waals surface area contributed by atoms with Gasteiger partial charge in [-0.1, -0.05) is 27.7 Å². The van der Waals surface area contributed by atoms with Crippen molar-refractivity contribution in [1.82, 2.24) is 0 Å². The van der Waals surface area contributed by atoms with E-state index in [1.54, 1.807) is 0 Å². The van der Waals surface area contributed by atoms with Crippen LogP contribution in [0.3, 0.4) is 0 Å². The van der Waals surface area contributed by atoms with E-state index >= 15 is 0 Å². The second kappa shape index (κ2) is 15.9. The van der Waals surface area contributed by atoms with Gasteiger partial charge in [-0.2, -0.15) is 0 Å². The highest BCUT2D eigenvalue weighted by Crippen LogP contribution is 2.28. The molecule has 0 bridgehead atoms. The quantitative estimate of drug-likeness (QED) is 0.260. The summed E-state index contributed by atoms with van der Waals surface area (Å²) in [5, 5.41) is 0. The molecule has 0 aliphatic rings. The Morgan fingerprint density at radius 2 is 0.897 bits per heavy atom. The lowest BCUT2D eigenvalue weighted by Crippen LogP contribution is -2.40. The monoisotopic (exact) mass is 414 g/mol. The van der Waals surface area contributed by atoms with Crippen LogP contribution in [0.1, 0.15) is 91.9 Å². The lowest BCUT2D eigenvalue weighted by Gasteiger charge is -2.32. The van der Waals surface area contributed by atoms with Gasteiger partial charge in [-0.25, -0.2) is 0 Å². The minimum Gasteiger partial charge on any atom is -0.465 e. The fourth-order valence-corrected chi connectivity index (χ4v) is 2.68. The summed E-state index contributed by atoms with van der Waals surface area (Å²) in [5.74, 6) is -1.01. The highest BCUT2D eigenvalue weighted by Gasteiger charge is 2.36. The molecule has 0 aromatic heterocycles. The van der Waals surface area contributed by atoms with Crippen LogP contribution in [0.25, 0.3) is 0 Å². The molecule has 0 aromatic carbocycles. The van der Waals surface area contributed by atoms with E-state index in [4.69, 9.17) is 14.2 Å². The Bertz CT molecular complexity index is 420. The summed E-state index contributed by atoms with van der Waals surface area (Å²) in [5.41, 5.74) is -0.931. The van der Waals surface area contributed by atoms with Gasteiger partial charge in [0.15, 0.2) is 0 Å². The van der Waals surface area contributed by atoms with E-state index in [-0.39, 0.29) is 69.2 Å². The molecule has 0 radical (unpaired) electrons. The van der Waals surface area contributed by atoms with Crippen molar-refractivity contribution in [2.24, 2.45) is 5.41 Å². The molecule has 0 saturated carbocycles. The van der Waals surface area contributed by atoms with E-state index in [0.717, 1.165) is 6.42 Å². The second-order valence-electron chi connectivity index (χ2n) is 7.52. The Labute approximate surface area is 174 Å². The number of carbonyl (C=O) groups is 4. The van der Waals surface area contributed by atoms with Gasteiger partial charge in [-0.15, -0.1) is 0 Å². The van der Waals surface area contributed by atoms with E-state index in [9.17, 15) is 19.2 Å². The molecular weight excluding hydrogens is 376 g/mol. The lowest BCUT2D eigenvalue weighted by molar-refractivity contribution is -0.162. The first kappa shape index (κ1) is 27.1. The Morgan fingerprint density at radius 1 is 0.552 bits per heavy atom. The van der Waals surface area contributed by atoms with E-state index in [1.165, 1.54) is 0 Å². The van der Waals surface area contributed by atoms with Crippen LogP contribution >= 0.6 is 0 Å². The molecule has 0 saturated heterocycles. The molecule has 0 atom stereocenters. The largest absolute Gasteiger partial charge is 0.465 e. The third-order valence-corrected chi connectivity index (χ3v) is 4.44. The van der Waals surface area contributed by atoms with Crippen LogP contribution < -0.4 is 0 Å². The zero-order valence-corrected chi connectivity index (χ0v) is 18.6. The van der Waals surface area contributed by atoms with Gasteiger partial charge in [0, 0.05) is 32.1 Å². The van der Waals surface area contributed by atoms with Crippen LogP contribution in [0.15, 0.2) is 0 Å². The minimum absolute atomic E-state index is 0.0654. The maximum absolute atomic E-state index is 12.1. The molecule has 0 rings (SSSR count). The number of hydrogen-bond donors (Lipinski definition) is 0. The third kappa shape index (κ3) is 13.0. The molecule has 0 fully saturated rings. The summed E-state index contributed by atoms with van der Waals surface area (Å²) in [6.45, 7) is 7.35. The predicted octanol–water partition coefficient (Wildman–Crippen LogP) is 4.15. The van der Waals surface area contributed by atoms with E-state index < -0.39 is 5.41 Å². The molecule has 0 heterocycles. The average Bonchev–Trinajstić information content (AvgIpc) is 2.68. The molecule has 0 aliphatic heterocycles. The summed E-state index contributed by atoms with van der Waals surface area (Å²) >= 11 is 0. The topological polar surface area (TPSA) is 96.0 Å². The molecule has 0 aromatic rings. The van der Waals surface area contributed by atoms with Gasteiger partial charge in [0.1, 0.15) is 25.6 Å². The van der Waals surface area contributed by atoms with Crippen LogP contribution in [0.2, 0.25) is 0 Å². The van der Waals surface area contributed by atoms with Gasteiger partial charge >= 0.3 is 17.9 Å². The van der Waals surface area contributed by atoms with Crippen molar-refractivity contribution >= 4 is 23.7 Å². The van der Waals surface area contributed by atoms with Crippen molar-refractivity contribution in [3.63, 3.8) is 0 Å². The summed E-state index contributed by atoms with van der Waals surface area (Å²) in [6, 6.07) is 0. The molecule has 168 valence electrons. The molecule has 0 spiro atoms. The molecule has 0 unspecified atom stereocenters. The second-order valence-corrected chi connectivity index (χ2v) is 7.52. The Morgan fingerprint density at radius 3 is 1.21 bits per heavy atom. The standard InChI is InChI=1S/C22H38O7/c1-5-9-18(23)13-14-22(15-27-19(24)10-6-2,16-28-20(25)11-7-3)17-29-21(26)12-8-4/h5-17H2,1-4H3. The van der Waals surface area contributed by atoms with Crippen molar-refractivity contribution in [1.29, 1.82) is 0 Å². The third-order valence-electron chi connectivity index (χ3n) is 4.44. The zero-order chi connectivity index (χ0) is 22.1. The van der Waals surface area contributed by atoms with Crippen molar-refractivity contribution in [3.05, 3.63) is 0 Å². The molecule has 7 nitrogen and oxygen atoms in total. The normalized spacial score (nSPS) is 11.0. The van der Waals surface area contributed by atoms with Crippen LogP contribution in [-0.4, -0.2) is 43.5 Å². The lowest BCUT2D eigenvalue weighted by atomic mass is 9.84. The van der Waals surface area contributed by atoms with Crippen LogP contribution in [0, 0.1) is 5.41 Å². The van der Waals surface area contributed by atoms with E-state index in [0.29, 0.717) is 32.1 Å². The summed E-state index contributed by atoms with van der Waals surface area (Å²) in [4.78, 5) is 47.8. The average molecular weight is 415 g/mol. The van der Waals surface area contributed by atoms with Gasteiger partial charge in [-0.3, -0.25) is 19.2 Å². The molecule has 7 heteroatoms. The summed E-state index contributed by atoms with van der Waals surface area (Å²) in [7, 11) is 0. The molecular formula is C22H38O7. The van der Waals surface area contributed by atoms with Gasteiger partial charge in [0.05, 0.1) is 5.41 Å². The van der Waals surface area contributed by atoms with Crippen LogP contribution in [-0.2, 0) is 33.4 Å².